The van der Waals surface area contributed by atoms with Gasteiger partial charge >= 0.3 is 0 Å². The summed E-state index contributed by atoms with van der Waals surface area (Å²) in [6.07, 6.45) is 1.53. The van der Waals surface area contributed by atoms with Gasteiger partial charge in [0.15, 0.2) is 0 Å². The summed E-state index contributed by atoms with van der Waals surface area (Å²) in [7, 11) is 5.21. The number of aryl methyl sites for hydroxylation is 4. The molecule has 0 bridgehead atoms. The van der Waals surface area contributed by atoms with Crippen molar-refractivity contribution in [3.63, 3.8) is 0 Å². The largest absolute Gasteiger partial charge is 0.321 e. The Morgan fingerprint density at radius 2 is 1.55 bits per heavy atom. The molecule has 0 aliphatic heterocycles. The fourth-order valence-corrected chi connectivity index (χ4v) is 3.09. The Morgan fingerprint density at radius 1 is 0.966 bits per heavy atom. The first kappa shape index (κ1) is 20.3. The third kappa shape index (κ3) is 4.21. The molecule has 1 aromatic carbocycles. The molecule has 3 aromatic rings. The van der Waals surface area contributed by atoms with Crippen LogP contribution >= 0.6 is 0 Å². The maximum atomic E-state index is 12.9. The minimum Gasteiger partial charge on any atom is -0.321 e. The molecule has 2 aromatic heterocycles. The van der Waals surface area contributed by atoms with Gasteiger partial charge in [0.1, 0.15) is 11.4 Å². The van der Waals surface area contributed by atoms with Gasteiger partial charge in [-0.25, -0.2) is 0 Å². The first-order chi connectivity index (χ1) is 13.8. The van der Waals surface area contributed by atoms with E-state index >= 15 is 0 Å². The predicted octanol–water partition coefficient (Wildman–Crippen LogP) is 2.81. The highest BCUT2D eigenvalue weighted by atomic mass is 16.2. The van der Waals surface area contributed by atoms with Gasteiger partial charge in [-0.2, -0.15) is 10.2 Å². The number of carbonyl (C=O) groups is 2. The molecule has 0 saturated carbocycles. The number of rotatable bonds is 6. The summed E-state index contributed by atoms with van der Waals surface area (Å²) in [5, 5.41) is 11.5. The lowest BCUT2D eigenvalue weighted by Crippen LogP contribution is -2.28. The molecule has 29 heavy (non-hydrogen) atoms. The van der Waals surface area contributed by atoms with Crippen LogP contribution in [0.25, 0.3) is 0 Å². The van der Waals surface area contributed by atoms with Gasteiger partial charge in [0.2, 0.25) is 0 Å². The van der Waals surface area contributed by atoms with Crippen LogP contribution in [0.5, 0.6) is 0 Å². The molecule has 0 aliphatic carbocycles. The van der Waals surface area contributed by atoms with Crippen LogP contribution in [-0.4, -0.2) is 38.4 Å². The van der Waals surface area contributed by atoms with Crippen LogP contribution < -0.4 is 10.2 Å². The first-order valence-electron chi connectivity index (χ1n) is 9.59. The average Bonchev–Trinajstić information content (AvgIpc) is 3.29. The Labute approximate surface area is 170 Å². The highest BCUT2D eigenvalue weighted by Crippen LogP contribution is 2.21. The minimum atomic E-state index is -0.245. The first-order valence-corrected chi connectivity index (χ1v) is 9.59. The molecule has 0 radical (unpaired) electrons. The Balaban J connectivity index is 1.79. The number of anilines is 2. The summed E-state index contributed by atoms with van der Waals surface area (Å²) in [4.78, 5) is 27.1. The van der Waals surface area contributed by atoms with Crippen molar-refractivity contribution in [1.82, 2.24) is 19.6 Å². The number of nitrogens with zero attached hydrogens (tertiary/aromatic N) is 5. The summed E-state index contributed by atoms with van der Waals surface area (Å²) < 4.78 is 3.17. The summed E-state index contributed by atoms with van der Waals surface area (Å²) in [5.41, 5.74) is 4.00. The Bertz CT molecular complexity index is 1050. The van der Waals surface area contributed by atoms with Crippen molar-refractivity contribution >= 4 is 23.2 Å². The van der Waals surface area contributed by atoms with Gasteiger partial charge in [-0.15, -0.1) is 0 Å². The Morgan fingerprint density at radius 3 is 2.14 bits per heavy atom. The van der Waals surface area contributed by atoms with Crippen LogP contribution in [0.15, 0.2) is 36.4 Å². The Kier molecular flexibility index (Phi) is 5.81. The second-order valence-electron chi connectivity index (χ2n) is 6.86. The van der Waals surface area contributed by atoms with Crippen molar-refractivity contribution in [2.75, 3.05) is 17.3 Å². The quantitative estimate of drug-likeness (QED) is 0.697. The van der Waals surface area contributed by atoms with E-state index in [9.17, 15) is 9.59 Å². The number of aromatic nitrogens is 4. The molecular formula is C21H26N6O2. The fourth-order valence-electron chi connectivity index (χ4n) is 3.09. The lowest BCUT2D eigenvalue weighted by Gasteiger charge is -2.18. The van der Waals surface area contributed by atoms with Crippen molar-refractivity contribution in [1.29, 1.82) is 0 Å². The van der Waals surface area contributed by atoms with Gasteiger partial charge in [0.05, 0.1) is 11.4 Å². The van der Waals surface area contributed by atoms with Crippen LogP contribution in [0, 0.1) is 0 Å². The lowest BCUT2D eigenvalue weighted by atomic mass is 10.2. The number of hydrogen-bond donors (Lipinski definition) is 1. The molecule has 152 valence electrons. The molecule has 0 atom stereocenters. The van der Waals surface area contributed by atoms with Crippen molar-refractivity contribution in [3.8, 4) is 0 Å². The third-order valence-electron chi connectivity index (χ3n) is 4.83. The maximum Gasteiger partial charge on any atom is 0.276 e. The molecule has 2 amide bonds. The molecular weight excluding hydrogens is 368 g/mol. The number of amides is 2. The predicted molar refractivity (Wildman–Crippen MR) is 112 cm³/mol. The summed E-state index contributed by atoms with van der Waals surface area (Å²) >= 11 is 0. The second kappa shape index (κ2) is 8.30. The van der Waals surface area contributed by atoms with Crippen LogP contribution in [0.4, 0.5) is 11.4 Å². The standard InChI is InChI=1S/C21H26N6O2/c1-6-14-12-18(26(4)23-14)20(28)22-16-9-8-10-17(11-16)25(3)21(29)19-13-15(7-2)24-27(19)5/h8-13H,6-7H2,1-5H3,(H,22,28). The van der Waals surface area contributed by atoms with Gasteiger partial charge in [-0.1, -0.05) is 19.9 Å². The molecule has 0 fully saturated rings. The van der Waals surface area contributed by atoms with E-state index in [2.05, 4.69) is 15.5 Å². The molecule has 2 heterocycles. The van der Waals surface area contributed by atoms with E-state index in [4.69, 9.17) is 0 Å². The fraction of sp³-hybridized carbons (Fsp3) is 0.333. The van der Waals surface area contributed by atoms with E-state index in [0.29, 0.717) is 22.8 Å². The minimum absolute atomic E-state index is 0.164. The maximum absolute atomic E-state index is 12.9. The molecule has 1 N–H and O–H groups in total. The SMILES string of the molecule is CCc1cc(C(=O)Nc2cccc(N(C)C(=O)c3cc(CC)nn3C)c2)n(C)n1. The zero-order chi connectivity index (χ0) is 21.1. The van der Waals surface area contributed by atoms with Crippen molar-refractivity contribution in [3.05, 3.63) is 59.2 Å². The van der Waals surface area contributed by atoms with Crippen LogP contribution in [0.1, 0.15) is 46.2 Å². The molecule has 0 spiro atoms. The molecule has 8 heteroatoms. The number of carbonyl (C=O) groups excluding carboxylic acids is 2. The van der Waals surface area contributed by atoms with Gasteiger partial charge < -0.3 is 10.2 Å². The van der Waals surface area contributed by atoms with E-state index in [1.807, 2.05) is 19.9 Å². The van der Waals surface area contributed by atoms with E-state index in [1.54, 1.807) is 65.7 Å². The van der Waals surface area contributed by atoms with E-state index < -0.39 is 0 Å². The van der Waals surface area contributed by atoms with Crippen molar-refractivity contribution < 1.29 is 9.59 Å². The van der Waals surface area contributed by atoms with Crippen molar-refractivity contribution in [2.45, 2.75) is 26.7 Å². The van der Waals surface area contributed by atoms with Crippen LogP contribution in [-0.2, 0) is 26.9 Å². The number of benzene rings is 1. The van der Waals surface area contributed by atoms with E-state index in [-0.39, 0.29) is 11.8 Å². The molecule has 3 rings (SSSR count). The monoisotopic (exact) mass is 394 g/mol. The normalized spacial score (nSPS) is 10.8. The third-order valence-corrected chi connectivity index (χ3v) is 4.83. The molecule has 8 nitrogen and oxygen atoms in total. The molecule has 0 saturated heterocycles. The molecule has 0 unspecified atom stereocenters. The van der Waals surface area contributed by atoms with E-state index in [1.165, 1.54) is 0 Å². The topological polar surface area (TPSA) is 85.0 Å². The number of nitrogens with one attached hydrogen (secondary N) is 1. The average molecular weight is 394 g/mol. The zero-order valence-corrected chi connectivity index (χ0v) is 17.4. The lowest BCUT2D eigenvalue weighted by molar-refractivity contribution is 0.0982. The van der Waals surface area contributed by atoms with Crippen LogP contribution in [0.3, 0.4) is 0 Å². The zero-order valence-electron chi connectivity index (χ0n) is 17.4. The van der Waals surface area contributed by atoms with Gasteiger partial charge in [0, 0.05) is 32.5 Å². The smallest absolute Gasteiger partial charge is 0.276 e. The van der Waals surface area contributed by atoms with Crippen LogP contribution in [0.2, 0.25) is 0 Å². The summed E-state index contributed by atoms with van der Waals surface area (Å²) in [6.45, 7) is 3.99. The number of hydrogen-bond acceptors (Lipinski definition) is 4. The molecule has 0 aliphatic rings. The summed E-state index contributed by atoms with van der Waals surface area (Å²) in [6, 6.07) is 10.8. The van der Waals surface area contributed by atoms with E-state index in [0.717, 1.165) is 24.2 Å². The summed E-state index contributed by atoms with van der Waals surface area (Å²) in [5.74, 6) is -0.410. The van der Waals surface area contributed by atoms with Crippen molar-refractivity contribution in [2.24, 2.45) is 14.1 Å². The second-order valence-corrected chi connectivity index (χ2v) is 6.86. The van der Waals surface area contributed by atoms with Gasteiger partial charge in [-0.3, -0.25) is 19.0 Å². The van der Waals surface area contributed by atoms with Gasteiger partial charge in [-0.05, 0) is 43.2 Å². The van der Waals surface area contributed by atoms with Gasteiger partial charge in [0.25, 0.3) is 11.8 Å². The Hall–Kier alpha value is -3.42. The highest BCUT2D eigenvalue weighted by molar-refractivity contribution is 6.06. The highest BCUT2D eigenvalue weighted by Gasteiger charge is 2.19.